The van der Waals surface area contributed by atoms with Crippen LogP contribution >= 0.6 is 10.6 Å². The standard InChI is InChI=1S/C6H12N2O5S/c9-6(10)7-4-1-2-14(12,13)3-5(4)8-11/h4,7,11-13H,1-3H2,(H,9,10). The van der Waals surface area contributed by atoms with E-state index in [1.807, 2.05) is 0 Å². The Bertz CT molecular complexity index is 267. The molecule has 1 aliphatic rings. The average molecular weight is 224 g/mol. The van der Waals surface area contributed by atoms with Gasteiger partial charge in [0.25, 0.3) is 0 Å². The van der Waals surface area contributed by atoms with Crippen LogP contribution in [0.2, 0.25) is 0 Å². The summed E-state index contributed by atoms with van der Waals surface area (Å²) in [5, 5.41) is 22.0. The van der Waals surface area contributed by atoms with Crippen LogP contribution < -0.4 is 5.32 Å². The van der Waals surface area contributed by atoms with E-state index in [0.717, 1.165) is 0 Å². The van der Waals surface area contributed by atoms with Crippen molar-refractivity contribution in [1.82, 2.24) is 5.32 Å². The predicted octanol–water partition coefficient (Wildman–Crippen LogP) is 0.607. The number of oxime groups is 1. The van der Waals surface area contributed by atoms with E-state index in [1.54, 1.807) is 0 Å². The second-order valence-corrected chi connectivity index (χ2v) is 5.33. The molecule has 0 aromatic rings. The van der Waals surface area contributed by atoms with E-state index in [0.29, 0.717) is 0 Å². The molecule has 8 heteroatoms. The Morgan fingerprint density at radius 1 is 1.57 bits per heavy atom. The lowest BCUT2D eigenvalue weighted by Crippen LogP contribution is -2.46. The Morgan fingerprint density at radius 2 is 2.21 bits per heavy atom. The molecular weight excluding hydrogens is 212 g/mol. The van der Waals surface area contributed by atoms with Crippen LogP contribution in [0, 0.1) is 0 Å². The van der Waals surface area contributed by atoms with Crippen LogP contribution in [0.25, 0.3) is 0 Å². The van der Waals surface area contributed by atoms with Gasteiger partial charge in [-0.05, 0) is 6.42 Å². The van der Waals surface area contributed by atoms with E-state index >= 15 is 0 Å². The molecule has 0 radical (unpaired) electrons. The van der Waals surface area contributed by atoms with Crippen molar-refractivity contribution in [3.8, 4) is 0 Å². The van der Waals surface area contributed by atoms with Gasteiger partial charge in [0.05, 0.1) is 17.5 Å². The number of carboxylic acid groups (broad SMARTS) is 1. The molecular formula is C6H12N2O5S. The molecule has 1 unspecified atom stereocenters. The SMILES string of the molecule is O=C(O)NC1CCS(O)(O)CC1=NO. The minimum absolute atomic E-state index is 0.0682. The van der Waals surface area contributed by atoms with Crippen LogP contribution in [0.4, 0.5) is 4.79 Å². The first-order chi connectivity index (χ1) is 6.44. The third kappa shape index (κ3) is 2.76. The Balaban J connectivity index is 2.67. The molecule has 0 aromatic heterocycles. The van der Waals surface area contributed by atoms with Crippen LogP contribution in [0.1, 0.15) is 6.42 Å². The summed E-state index contributed by atoms with van der Waals surface area (Å²) >= 11 is 0. The topological polar surface area (TPSA) is 122 Å². The largest absolute Gasteiger partial charge is 0.465 e. The smallest absolute Gasteiger partial charge is 0.405 e. The number of hydrogen-bond donors (Lipinski definition) is 5. The van der Waals surface area contributed by atoms with Crippen molar-refractivity contribution in [2.24, 2.45) is 5.16 Å². The predicted molar refractivity (Wildman–Crippen MR) is 51.4 cm³/mol. The highest BCUT2D eigenvalue weighted by Crippen LogP contribution is 2.42. The zero-order valence-electron chi connectivity index (χ0n) is 7.25. The van der Waals surface area contributed by atoms with Crippen LogP contribution in [0.3, 0.4) is 0 Å². The molecule has 1 aliphatic heterocycles. The quantitative estimate of drug-likeness (QED) is 0.330. The molecule has 0 aromatic carbocycles. The second-order valence-electron chi connectivity index (χ2n) is 3.03. The maximum atomic E-state index is 10.3. The fourth-order valence-corrected chi connectivity index (χ4v) is 2.78. The summed E-state index contributed by atoms with van der Waals surface area (Å²) in [7, 11) is -2.74. The maximum Gasteiger partial charge on any atom is 0.405 e. The van der Waals surface area contributed by atoms with Crippen molar-refractivity contribution in [2.45, 2.75) is 12.5 Å². The van der Waals surface area contributed by atoms with E-state index in [-0.39, 0.29) is 23.6 Å². The van der Waals surface area contributed by atoms with Gasteiger partial charge in [0, 0.05) is 5.75 Å². The molecule has 0 aliphatic carbocycles. The molecule has 1 heterocycles. The zero-order valence-corrected chi connectivity index (χ0v) is 8.07. The van der Waals surface area contributed by atoms with Gasteiger partial charge < -0.3 is 15.6 Å². The summed E-state index contributed by atoms with van der Waals surface area (Å²) in [5.74, 6) is -0.0502. The second kappa shape index (κ2) is 4.03. The molecule has 82 valence electrons. The van der Waals surface area contributed by atoms with Gasteiger partial charge in [-0.25, -0.2) is 4.79 Å². The van der Waals surface area contributed by atoms with Crippen LogP contribution in [0.15, 0.2) is 5.16 Å². The summed E-state index contributed by atoms with van der Waals surface area (Å²) in [6, 6.07) is -0.627. The van der Waals surface area contributed by atoms with E-state index in [9.17, 15) is 13.9 Å². The lowest BCUT2D eigenvalue weighted by molar-refractivity contribution is 0.192. The highest BCUT2D eigenvalue weighted by Gasteiger charge is 2.31. The number of nitrogens with one attached hydrogen (secondary N) is 1. The van der Waals surface area contributed by atoms with Gasteiger partial charge in [-0.3, -0.25) is 9.11 Å². The van der Waals surface area contributed by atoms with E-state index in [4.69, 9.17) is 10.3 Å². The van der Waals surface area contributed by atoms with Crippen molar-refractivity contribution in [1.29, 1.82) is 0 Å². The van der Waals surface area contributed by atoms with E-state index in [1.165, 1.54) is 0 Å². The first-order valence-electron chi connectivity index (χ1n) is 3.88. The van der Waals surface area contributed by atoms with Crippen molar-refractivity contribution in [3.05, 3.63) is 0 Å². The Morgan fingerprint density at radius 3 is 2.71 bits per heavy atom. The fraction of sp³-hybridized carbons (Fsp3) is 0.667. The molecule has 1 amide bonds. The zero-order chi connectivity index (χ0) is 10.8. The molecule has 0 saturated carbocycles. The minimum atomic E-state index is -2.74. The van der Waals surface area contributed by atoms with Gasteiger partial charge in [-0.15, -0.1) is 0 Å². The molecule has 1 atom stereocenters. The molecule has 5 N–H and O–H groups in total. The summed E-state index contributed by atoms with van der Waals surface area (Å²) in [5.41, 5.74) is 0.0682. The van der Waals surface area contributed by atoms with Gasteiger partial charge in [0.1, 0.15) is 0 Å². The number of carbonyl (C=O) groups is 1. The highest BCUT2D eigenvalue weighted by molar-refractivity contribution is 8.24. The fourth-order valence-electron chi connectivity index (χ4n) is 1.29. The summed E-state index contributed by atoms with van der Waals surface area (Å²) in [6.45, 7) is 0. The Hall–Kier alpha value is -0.990. The van der Waals surface area contributed by atoms with Crippen LogP contribution in [-0.2, 0) is 0 Å². The number of nitrogens with zero attached hydrogens (tertiary/aromatic N) is 1. The maximum absolute atomic E-state index is 10.3. The molecule has 1 saturated heterocycles. The first kappa shape index (κ1) is 11.1. The number of amides is 1. The van der Waals surface area contributed by atoms with Crippen LogP contribution in [-0.4, -0.2) is 48.8 Å². The van der Waals surface area contributed by atoms with E-state index < -0.39 is 22.7 Å². The molecule has 7 nitrogen and oxygen atoms in total. The molecule has 1 rings (SSSR count). The average Bonchev–Trinajstić information content (AvgIpc) is 2.07. The number of hydrogen-bond acceptors (Lipinski definition) is 5. The summed E-state index contributed by atoms with van der Waals surface area (Å²) < 4.78 is 18.6. The van der Waals surface area contributed by atoms with E-state index in [2.05, 4.69) is 10.5 Å². The monoisotopic (exact) mass is 224 g/mol. The summed E-state index contributed by atoms with van der Waals surface area (Å²) in [6.07, 6.45) is -0.997. The van der Waals surface area contributed by atoms with Gasteiger partial charge in [0.15, 0.2) is 0 Å². The van der Waals surface area contributed by atoms with Crippen molar-refractivity contribution in [3.63, 3.8) is 0 Å². The third-order valence-corrected chi connectivity index (χ3v) is 3.59. The van der Waals surface area contributed by atoms with Gasteiger partial charge in [-0.1, -0.05) is 5.16 Å². The molecule has 0 spiro atoms. The van der Waals surface area contributed by atoms with Crippen molar-refractivity contribution in [2.75, 3.05) is 11.5 Å². The number of rotatable bonds is 1. The van der Waals surface area contributed by atoms with Crippen molar-refractivity contribution < 1.29 is 24.2 Å². The molecule has 1 fully saturated rings. The lowest BCUT2D eigenvalue weighted by atomic mass is 10.1. The van der Waals surface area contributed by atoms with Gasteiger partial charge >= 0.3 is 6.09 Å². The minimum Gasteiger partial charge on any atom is -0.465 e. The van der Waals surface area contributed by atoms with Crippen molar-refractivity contribution >= 4 is 22.4 Å². The molecule has 14 heavy (non-hydrogen) atoms. The third-order valence-electron chi connectivity index (χ3n) is 1.94. The van der Waals surface area contributed by atoms with Crippen LogP contribution in [0.5, 0.6) is 0 Å². The highest BCUT2D eigenvalue weighted by atomic mass is 32.3. The van der Waals surface area contributed by atoms with Gasteiger partial charge in [-0.2, -0.15) is 10.6 Å². The molecule has 0 bridgehead atoms. The Kier molecular flexibility index (Phi) is 3.19. The summed E-state index contributed by atoms with van der Waals surface area (Å²) in [4.78, 5) is 10.3. The lowest BCUT2D eigenvalue weighted by Gasteiger charge is -2.39. The van der Waals surface area contributed by atoms with Gasteiger partial charge in [0.2, 0.25) is 0 Å². The Labute approximate surface area is 81.8 Å². The first-order valence-corrected chi connectivity index (χ1v) is 5.77. The normalized spacial score (nSPS) is 31.0.